The molecule has 2 aromatic carbocycles. The van der Waals surface area contributed by atoms with Crippen molar-refractivity contribution in [2.45, 2.75) is 49.3 Å². The fraction of sp³-hybridized carbons (Fsp3) is 0.368. The molecule has 286 valence electrons. The van der Waals surface area contributed by atoms with Crippen LogP contribution in [0.3, 0.4) is 0 Å². The number of pyridine rings is 2. The van der Waals surface area contributed by atoms with Crippen molar-refractivity contribution < 1.29 is 22.0 Å². The van der Waals surface area contributed by atoms with Gasteiger partial charge in [-0.15, -0.1) is 0 Å². The quantitative estimate of drug-likeness (QED) is 0.110. The van der Waals surface area contributed by atoms with E-state index in [0.29, 0.717) is 76.1 Å². The van der Waals surface area contributed by atoms with Crippen molar-refractivity contribution in [2.24, 2.45) is 10.9 Å². The van der Waals surface area contributed by atoms with Crippen molar-refractivity contribution in [3.63, 3.8) is 0 Å². The lowest BCUT2D eigenvalue weighted by Crippen LogP contribution is -2.39. The molecule has 6 rings (SSSR count). The number of aromatic nitrogens is 2. The summed E-state index contributed by atoms with van der Waals surface area (Å²) in [7, 11) is -5.98. The van der Waals surface area contributed by atoms with Crippen LogP contribution in [0.4, 0.5) is 11.4 Å². The number of nitrogens with two attached hydrogens (primary N) is 1. The van der Waals surface area contributed by atoms with Gasteiger partial charge in [0.1, 0.15) is 25.7 Å². The Labute approximate surface area is 315 Å². The van der Waals surface area contributed by atoms with Crippen LogP contribution in [0.5, 0.6) is 0 Å². The van der Waals surface area contributed by atoms with Crippen molar-refractivity contribution in [1.82, 2.24) is 9.13 Å². The van der Waals surface area contributed by atoms with Gasteiger partial charge in [0.15, 0.2) is 5.84 Å². The summed E-state index contributed by atoms with van der Waals surface area (Å²) in [4.78, 5) is 28.5. The zero-order valence-corrected chi connectivity index (χ0v) is 31.9. The van der Waals surface area contributed by atoms with Crippen molar-refractivity contribution in [3.8, 4) is 6.07 Å². The molecule has 4 aromatic rings. The first kappa shape index (κ1) is 39.8. The largest absolute Gasteiger partial charge is 0.409 e. The highest BCUT2D eigenvalue weighted by molar-refractivity contribution is 7.91. The highest BCUT2D eigenvalue weighted by Crippen LogP contribution is 2.25. The van der Waals surface area contributed by atoms with Crippen LogP contribution in [0.1, 0.15) is 47.9 Å². The summed E-state index contributed by atoms with van der Waals surface area (Å²) in [6.07, 6.45) is 8.22. The Balaban J connectivity index is 0.000000208. The van der Waals surface area contributed by atoms with Gasteiger partial charge in [-0.05, 0) is 73.2 Å². The fourth-order valence-electron chi connectivity index (χ4n) is 6.77. The summed E-state index contributed by atoms with van der Waals surface area (Å²) in [5.74, 6) is -0.0590. The first-order chi connectivity index (χ1) is 25.6. The fourth-order valence-corrected chi connectivity index (χ4v) is 8.90. The third-order valence-electron chi connectivity index (χ3n) is 9.85. The average molecular weight is 776 g/mol. The molecule has 4 heterocycles. The Morgan fingerprint density at radius 1 is 0.741 bits per heavy atom. The summed E-state index contributed by atoms with van der Waals surface area (Å²) in [6.45, 7) is 3.50. The molecule has 0 aliphatic carbocycles. The Kier molecular flexibility index (Phi) is 12.7. The zero-order chi connectivity index (χ0) is 39.0. The number of benzene rings is 2. The van der Waals surface area contributed by atoms with E-state index in [1.807, 2.05) is 54.6 Å². The predicted octanol–water partition coefficient (Wildman–Crippen LogP) is 2.79. The van der Waals surface area contributed by atoms with E-state index in [-0.39, 0.29) is 27.5 Å². The van der Waals surface area contributed by atoms with E-state index in [4.69, 9.17) is 16.2 Å². The maximum Gasteiger partial charge on any atom is 0.250 e. The van der Waals surface area contributed by atoms with Gasteiger partial charge in [-0.2, -0.15) is 5.26 Å². The van der Waals surface area contributed by atoms with Crippen LogP contribution < -0.4 is 26.7 Å². The lowest BCUT2D eigenvalue weighted by molar-refractivity contribution is 0.318. The highest BCUT2D eigenvalue weighted by atomic mass is 32.2. The van der Waals surface area contributed by atoms with Gasteiger partial charge in [-0.25, -0.2) is 16.8 Å². The zero-order valence-electron chi connectivity index (χ0n) is 30.3. The third-order valence-corrected chi connectivity index (χ3v) is 13.2. The smallest absolute Gasteiger partial charge is 0.250 e. The molecule has 0 bridgehead atoms. The minimum absolute atomic E-state index is 0.0590. The average Bonchev–Trinajstić information content (AvgIpc) is 3.16. The van der Waals surface area contributed by atoms with Crippen LogP contribution in [-0.4, -0.2) is 86.2 Å². The van der Waals surface area contributed by atoms with E-state index in [1.165, 1.54) is 45.9 Å². The Morgan fingerprint density at radius 3 is 1.61 bits per heavy atom. The predicted molar refractivity (Wildman–Crippen MR) is 210 cm³/mol. The number of nitriles is 1. The minimum atomic E-state index is -3.00. The summed E-state index contributed by atoms with van der Waals surface area (Å²) in [6, 6.07) is 23.6. The number of hydrogen-bond donors (Lipinski definition) is 2. The van der Waals surface area contributed by atoms with Crippen molar-refractivity contribution in [2.75, 3.05) is 48.5 Å². The maximum atomic E-state index is 12.2. The summed E-state index contributed by atoms with van der Waals surface area (Å²) < 4.78 is 49.9. The van der Waals surface area contributed by atoms with Gasteiger partial charge in [-0.1, -0.05) is 29.4 Å². The number of anilines is 2. The first-order valence-electron chi connectivity index (χ1n) is 17.5. The first-order valence-corrected chi connectivity index (χ1v) is 21.4. The Morgan fingerprint density at radius 2 is 1.19 bits per heavy atom. The van der Waals surface area contributed by atoms with E-state index in [9.17, 15) is 26.4 Å². The topological polar surface area (TPSA) is 201 Å². The molecule has 2 aromatic heterocycles. The van der Waals surface area contributed by atoms with E-state index in [1.54, 1.807) is 12.4 Å². The van der Waals surface area contributed by atoms with Gasteiger partial charge >= 0.3 is 0 Å². The van der Waals surface area contributed by atoms with Gasteiger partial charge in [0, 0.05) is 80.2 Å². The van der Waals surface area contributed by atoms with Crippen LogP contribution in [0.25, 0.3) is 0 Å². The number of nitrogens with zero attached hydrogens (tertiary/aromatic N) is 6. The molecule has 2 aliphatic heterocycles. The summed E-state index contributed by atoms with van der Waals surface area (Å²) in [5, 5.41) is 20.3. The molecular formula is C38H45N7O7S2. The maximum absolute atomic E-state index is 12.2. The molecule has 16 heteroatoms. The third kappa shape index (κ3) is 10.4. The second-order valence-electron chi connectivity index (χ2n) is 13.7. The van der Waals surface area contributed by atoms with Crippen LogP contribution >= 0.6 is 0 Å². The molecule has 14 nitrogen and oxygen atoms in total. The Hall–Kier alpha value is -5.40. The number of hydrogen-bond acceptors (Lipinski definition) is 11. The standard InChI is InChI=1S/C19H24N4O4S.C19H21N3O3S/c1-28(26,27)17-7-9-22(10-8-17)16-4-2-3-14(11-16)12-23-13-15(19(20)21-25)5-6-18(23)24;1-26(24,25)18-7-9-21(10-8-18)17-4-2-3-15(11-17)13-22-14-16(12-20)5-6-19(22)23/h2-6,11,13,17,25H,7-10,12H2,1H3,(H2,20,21);2-6,11,14,18H,7-10,13H2,1H3. The molecule has 0 amide bonds. The van der Waals surface area contributed by atoms with Crippen LogP contribution in [0.2, 0.25) is 0 Å². The van der Waals surface area contributed by atoms with Gasteiger partial charge < -0.3 is 29.9 Å². The molecule has 0 saturated carbocycles. The second-order valence-corrected chi connectivity index (χ2v) is 18.4. The monoisotopic (exact) mass is 775 g/mol. The van der Waals surface area contributed by atoms with Crippen LogP contribution in [0, 0.1) is 11.3 Å². The van der Waals surface area contributed by atoms with Crippen LogP contribution in [0.15, 0.2) is 99.9 Å². The van der Waals surface area contributed by atoms with E-state index in [0.717, 1.165) is 22.5 Å². The molecule has 54 heavy (non-hydrogen) atoms. The number of rotatable bonds is 9. The molecule has 0 unspecified atom stereocenters. The molecule has 0 radical (unpaired) electrons. The normalized spacial score (nSPS) is 16.0. The number of amidine groups is 1. The van der Waals surface area contributed by atoms with Crippen molar-refractivity contribution in [1.29, 1.82) is 5.26 Å². The Bertz CT molecular complexity index is 2370. The summed E-state index contributed by atoms with van der Waals surface area (Å²) in [5.41, 5.74) is 10.1. The van der Waals surface area contributed by atoms with E-state index in [2.05, 4.69) is 15.0 Å². The molecule has 2 saturated heterocycles. The second kappa shape index (κ2) is 17.2. The van der Waals surface area contributed by atoms with E-state index < -0.39 is 19.7 Å². The molecule has 2 fully saturated rings. The molecule has 3 N–H and O–H groups in total. The number of sulfone groups is 2. The van der Waals surface area contributed by atoms with Crippen molar-refractivity contribution in [3.05, 3.63) is 128 Å². The molecule has 2 aliphatic rings. The molecule has 0 spiro atoms. The number of piperidine rings is 2. The van der Waals surface area contributed by atoms with E-state index >= 15 is 0 Å². The molecular weight excluding hydrogens is 731 g/mol. The van der Waals surface area contributed by atoms with Gasteiger partial charge in [0.05, 0.1) is 29.2 Å². The van der Waals surface area contributed by atoms with Gasteiger partial charge in [0.2, 0.25) is 0 Å². The highest BCUT2D eigenvalue weighted by Gasteiger charge is 2.28. The SMILES string of the molecule is CS(=O)(=O)C1CCN(c2cccc(Cn3cc(/C(N)=N/O)ccc3=O)c2)CC1.CS(=O)(=O)C1CCN(c2cccc(Cn3cc(C#N)ccc3=O)c2)CC1. The molecule has 0 atom stereocenters. The van der Waals surface area contributed by atoms with Crippen molar-refractivity contribution >= 4 is 36.9 Å². The lowest BCUT2D eigenvalue weighted by Gasteiger charge is -2.33. The van der Waals surface area contributed by atoms with Crippen LogP contribution in [-0.2, 0) is 32.8 Å². The van der Waals surface area contributed by atoms with Gasteiger partial charge in [0.25, 0.3) is 11.1 Å². The summed E-state index contributed by atoms with van der Waals surface area (Å²) >= 11 is 0. The lowest BCUT2D eigenvalue weighted by atomic mass is 10.1. The van der Waals surface area contributed by atoms with Gasteiger partial charge in [-0.3, -0.25) is 9.59 Å². The number of oxime groups is 1. The minimum Gasteiger partial charge on any atom is -0.409 e.